The number of aromatic nitrogens is 2. The molecule has 0 saturated heterocycles. The van der Waals surface area contributed by atoms with Gasteiger partial charge in [-0.1, -0.05) is 37.2 Å². The summed E-state index contributed by atoms with van der Waals surface area (Å²) in [4.78, 5) is 25.2. The topological polar surface area (TPSA) is 111 Å². The zero-order valence-electron chi connectivity index (χ0n) is 17.0. The van der Waals surface area contributed by atoms with Crippen molar-refractivity contribution in [3.05, 3.63) is 71.0 Å². The van der Waals surface area contributed by atoms with Crippen LogP contribution in [0.4, 0.5) is 4.39 Å². The summed E-state index contributed by atoms with van der Waals surface area (Å²) in [6.07, 6.45) is 0.233. The average molecular weight is 447 g/mol. The molecule has 3 rings (SSSR count). The molecule has 164 valence electrons. The van der Waals surface area contributed by atoms with Crippen LogP contribution < -0.4 is 10.5 Å². The molecule has 0 amide bonds. The molecule has 1 N–H and O–H groups in total. The van der Waals surface area contributed by atoms with Gasteiger partial charge in [-0.2, -0.15) is 0 Å². The van der Waals surface area contributed by atoms with E-state index in [4.69, 9.17) is 0 Å². The van der Waals surface area contributed by atoms with Crippen LogP contribution in [0.2, 0.25) is 0 Å². The summed E-state index contributed by atoms with van der Waals surface area (Å²) in [5.41, 5.74) is 0.380. The van der Waals surface area contributed by atoms with Crippen molar-refractivity contribution in [3.63, 3.8) is 0 Å². The number of carbonyl (C=O) groups is 1. The molecule has 31 heavy (non-hydrogen) atoms. The third-order valence-corrected chi connectivity index (χ3v) is 6.04. The van der Waals surface area contributed by atoms with Crippen molar-refractivity contribution in [3.8, 4) is 11.4 Å². The van der Waals surface area contributed by atoms with E-state index in [9.17, 15) is 22.4 Å². The van der Waals surface area contributed by atoms with Gasteiger partial charge in [0.15, 0.2) is 11.6 Å². The predicted octanol–water partition coefficient (Wildman–Crippen LogP) is 2.60. The normalized spacial score (nSPS) is 12.8. The molecule has 1 atom stereocenters. The van der Waals surface area contributed by atoms with E-state index in [1.807, 2.05) is 13.8 Å². The van der Waals surface area contributed by atoms with E-state index in [1.54, 1.807) is 18.2 Å². The Bertz CT molecular complexity index is 1200. The summed E-state index contributed by atoms with van der Waals surface area (Å²) >= 11 is 0. The second-order valence-corrected chi connectivity index (χ2v) is 9.16. The molecule has 0 saturated carbocycles. The summed E-state index contributed by atoms with van der Waals surface area (Å²) < 4.78 is 46.8. The summed E-state index contributed by atoms with van der Waals surface area (Å²) in [6, 6.07) is 11.8. The molecular weight excluding hydrogens is 425 g/mol. The van der Waals surface area contributed by atoms with Gasteiger partial charge in [0.1, 0.15) is 5.82 Å². The van der Waals surface area contributed by atoms with Gasteiger partial charge in [-0.25, -0.2) is 26.9 Å². The zero-order valence-corrected chi connectivity index (χ0v) is 17.8. The molecule has 0 bridgehead atoms. The fraction of sp³-hybridized carbons (Fsp3) is 0.286. The van der Waals surface area contributed by atoms with Crippen molar-refractivity contribution >= 4 is 15.8 Å². The molecule has 8 nitrogen and oxygen atoms in total. The molecule has 3 aromatic rings. The maximum absolute atomic E-state index is 13.2. The molecule has 0 unspecified atom stereocenters. The molecule has 0 aliphatic rings. The Labute approximate surface area is 178 Å². The highest BCUT2D eigenvalue weighted by atomic mass is 32.2. The smallest absolute Gasteiger partial charge is 0.296 e. The molecule has 0 fully saturated rings. The maximum atomic E-state index is 13.2. The summed E-state index contributed by atoms with van der Waals surface area (Å²) in [7, 11) is -3.95. The number of sulfonamides is 1. The first-order chi connectivity index (χ1) is 14.7. The Kier molecular flexibility index (Phi) is 6.81. The van der Waals surface area contributed by atoms with Crippen LogP contribution in [0.1, 0.15) is 20.3 Å². The van der Waals surface area contributed by atoms with E-state index >= 15 is 0 Å². The van der Waals surface area contributed by atoms with Crippen LogP contribution in [-0.4, -0.2) is 30.0 Å². The van der Waals surface area contributed by atoms with Gasteiger partial charge in [-0.3, -0.25) is 9.32 Å². The van der Waals surface area contributed by atoms with Crippen molar-refractivity contribution in [2.75, 3.05) is 0 Å². The molecule has 0 aliphatic heterocycles. The maximum Gasteiger partial charge on any atom is 0.442 e. The summed E-state index contributed by atoms with van der Waals surface area (Å²) in [6.45, 7) is 3.25. The minimum atomic E-state index is -3.95. The van der Waals surface area contributed by atoms with Crippen molar-refractivity contribution in [1.29, 1.82) is 0 Å². The van der Waals surface area contributed by atoms with Gasteiger partial charge in [-0.15, -0.1) is 0 Å². The number of carbonyl (C=O) groups excluding carboxylic acids is 1. The lowest BCUT2D eigenvalue weighted by Gasteiger charge is -2.20. The number of halogens is 1. The molecule has 0 radical (unpaired) electrons. The largest absolute Gasteiger partial charge is 0.442 e. The van der Waals surface area contributed by atoms with Crippen LogP contribution in [0, 0.1) is 11.7 Å². The minimum Gasteiger partial charge on any atom is -0.296 e. The van der Waals surface area contributed by atoms with Crippen LogP contribution in [0.25, 0.3) is 11.4 Å². The monoisotopic (exact) mass is 447 g/mol. The van der Waals surface area contributed by atoms with Crippen molar-refractivity contribution in [1.82, 2.24) is 14.4 Å². The van der Waals surface area contributed by atoms with E-state index in [0.717, 1.165) is 4.57 Å². The first kappa shape index (κ1) is 22.6. The lowest BCUT2D eigenvalue weighted by molar-refractivity contribution is -0.121. The standard InChI is InChI=1S/C21H22FN3O5S/c1-14(2)12-18(24-31(28,29)17-6-4-3-5-7-17)19(26)13-25-20(23-30-21(25)27)15-8-10-16(22)11-9-15/h3-11,14,18,24H,12-13H2,1-2H3/t18-/m0/s1. The SMILES string of the molecule is CC(C)C[C@H](NS(=O)(=O)c1ccccc1)C(=O)Cn1c(-c2ccc(F)cc2)noc1=O. The molecule has 0 spiro atoms. The first-order valence-corrected chi connectivity index (χ1v) is 11.1. The molecule has 10 heteroatoms. The second-order valence-electron chi connectivity index (χ2n) is 7.45. The van der Waals surface area contributed by atoms with E-state index in [-0.39, 0.29) is 23.1 Å². The number of ketones is 1. The van der Waals surface area contributed by atoms with Crippen LogP contribution in [0.3, 0.4) is 0 Å². The van der Waals surface area contributed by atoms with Crippen LogP contribution in [0.15, 0.2) is 68.8 Å². The molecule has 2 aromatic carbocycles. The Balaban J connectivity index is 1.88. The number of Topliss-reactive ketones (excluding diaryl/α,β-unsaturated/α-hetero) is 1. The van der Waals surface area contributed by atoms with Crippen molar-refractivity contribution in [2.45, 2.75) is 37.8 Å². The Morgan fingerprint density at radius 1 is 1.13 bits per heavy atom. The Hall–Kier alpha value is -3.11. The van der Waals surface area contributed by atoms with E-state index in [0.29, 0.717) is 5.56 Å². The number of hydrogen-bond donors (Lipinski definition) is 1. The van der Waals surface area contributed by atoms with Gasteiger partial charge in [0, 0.05) is 5.56 Å². The van der Waals surface area contributed by atoms with Gasteiger partial charge < -0.3 is 0 Å². The first-order valence-electron chi connectivity index (χ1n) is 9.60. The number of hydrogen-bond acceptors (Lipinski definition) is 6. The average Bonchev–Trinajstić information content (AvgIpc) is 3.08. The highest BCUT2D eigenvalue weighted by molar-refractivity contribution is 7.89. The highest BCUT2D eigenvalue weighted by Crippen LogP contribution is 2.18. The Morgan fingerprint density at radius 3 is 2.39 bits per heavy atom. The third-order valence-electron chi connectivity index (χ3n) is 4.55. The fourth-order valence-corrected chi connectivity index (χ4v) is 4.31. The minimum absolute atomic E-state index is 0.00295. The van der Waals surface area contributed by atoms with E-state index in [1.165, 1.54) is 36.4 Å². The van der Waals surface area contributed by atoms with Crippen LogP contribution in [0.5, 0.6) is 0 Å². The number of benzene rings is 2. The summed E-state index contributed by atoms with van der Waals surface area (Å²) in [5, 5.41) is 3.67. The number of rotatable bonds is 9. The number of nitrogens with one attached hydrogen (secondary N) is 1. The number of nitrogens with zero attached hydrogens (tertiary/aromatic N) is 2. The summed E-state index contributed by atoms with van der Waals surface area (Å²) in [5.74, 6) is -1.82. The van der Waals surface area contributed by atoms with E-state index in [2.05, 4.69) is 14.4 Å². The molecule has 1 heterocycles. The lowest BCUT2D eigenvalue weighted by atomic mass is 10.0. The van der Waals surface area contributed by atoms with Crippen LogP contribution in [-0.2, 0) is 21.4 Å². The lowest BCUT2D eigenvalue weighted by Crippen LogP contribution is -2.43. The van der Waals surface area contributed by atoms with Gasteiger partial charge in [0.2, 0.25) is 10.0 Å². The zero-order chi connectivity index (χ0) is 22.6. The molecule has 1 aromatic heterocycles. The van der Waals surface area contributed by atoms with Gasteiger partial charge >= 0.3 is 5.76 Å². The highest BCUT2D eigenvalue weighted by Gasteiger charge is 2.28. The molecule has 0 aliphatic carbocycles. The van der Waals surface area contributed by atoms with Gasteiger partial charge in [0.05, 0.1) is 17.5 Å². The second kappa shape index (κ2) is 9.36. The quantitative estimate of drug-likeness (QED) is 0.540. The Morgan fingerprint density at radius 2 is 1.77 bits per heavy atom. The van der Waals surface area contributed by atoms with Crippen molar-refractivity contribution in [2.24, 2.45) is 5.92 Å². The third kappa shape index (κ3) is 5.53. The van der Waals surface area contributed by atoms with Crippen LogP contribution >= 0.6 is 0 Å². The van der Waals surface area contributed by atoms with Crippen molar-refractivity contribution < 1.29 is 22.1 Å². The molecular formula is C21H22FN3O5S. The van der Waals surface area contributed by atoms with Gasteiger partial charge in [0.25, 0.3) is 0 Å². The van der Waals surface area contributed by atoms with E-state index < -0.39 is 40.0 Å². The van der Waals surface area contributed by atoms with Gasteiger partial charge in [-0.05, 0) is 48.7 Å². The predicted molar refractivity (Wildman–Crippen MR) is 111 cm³/mol. The fourth-order valence-electron chi connectivity index (χ4n) is 3.05.